The van der Waals surface area contributed by atoms with Gasteiger partial charge in [0.05, 0.1) is 16.6 Å². The predicted molar refractivity (Wildman–Crippen MR) is 115 cm³/mol. The van der Waals surface area contributed by atoms with Gasteiger partial charge in [-0.15, -0.1) is 0 Å². The Morgan fingerprint density at radius 3 is 2.41 bits per heavy atom. The first-order chi connectivity index (χ1) is 14.2. The summed E-state index contributed by atoms with van der Waals surface area (Å²) in [6, 6.07) is 12.5. The van der Waals surface area contributed by atoms with Crippen molar-refractivity contribution >= 4 is 27.8 Å². The third-order valence-electron chi connectivity index (χ3n) is 5.79. The van der Waals surface area contributed by atoms with E-state index < -0.39 is 0 Å². The van der Waals surface area contributed by atoms with E-state index in [4.69, 9.17) is 0 Å². The lowest BCUT2D eigenvalue weighted by Gasteiger charge is -2.27. The Hall–Kier alpha value is -3.15. The van der Waals surface area contributed by atoms with E-state index in [1.54, 1.807) is 18.5 Å². The second kappa shape index (κ2) is 7.03. The van der Waals surface area contributed by atoms with Crippen LogP contribution < -0.4 is 0 Å². The van der Waals surface area contributed by atoms with Crippen molar-refractivity contribution in [2.24, 2.45) is 0 Å². The molecule has 4 aromatic rings. The summed E-state index contributed by atoms with van der Waals surface area (Å²) in [4.78, 5) is 24.5. The molecule has 0 bridgehead atoms. The summed E-state index contributed by atoms with van der Waals surface area (Å²) in [6.45, 7) is 5.98. The summed E-state index contributed by atoms with van der Waals surface area (Å²) in [6.07, 6.45) is 6.78. The van der Waals surface area contributed by atoms with Crippen LogP contribution in [0.5, 0.6) is 0 Å². The van der Waals surface area contributed by atoms with Crippen LogP contribution in [0.4, 0.5) is 0 Å². The summed E-state index contributed by atoms with van der Waals surface area (Å²) in [5.41, 5.74) is 3.85. The van der Waals surface area contributed by atoms with Crippen molar-refractivity contribution in [3.8, 4) is 5.95 Å². The molecule has 0 aliphatic carbocycles. The van der Waals surface area contributed by atoms with E-state index in [2.05, 4.69) is 46.6 Å². The Morgan fingerprint density at radius 2 is 1.69 bits per heavy atom. The number of fused-ring (bicyclic) bond motifs is 3. The minimum absolute atomic E-state index is 0.0627. The lowest BCUT2D eigenvalue weighted by Crippen LogP contribution is -2.36. The minimum atomic E-state index is 0.0627. The highest BCUT2D eigenvalue weighted by Crippen LogP contribution is 2.35. The van der Waals surface area contributed by atoms with Crippen molar-refractivity contribution in [2.75, 3.05) is 13.1 Å². The molecule has 1 aliphatic heterocycles. The molecule has 0 saturated carbocycles. The van der Waals surface area contributed by atoms with Gasteiger partial charge >= 0.3 is 0 Å². The Balaban J connectivity index is 1.83. The van der Waals surface area contributed by atoms with E-state index in [0.717, 1.165) is 47.9 Å². The van der Waals surface area contributed by atoms with Crippen molar-refractivity contribution < 1.29 is 4.79 Å². The van der Waals surface area contributed by atoms with Gasteiger partial charge in [0.2, 0.25) is 5.95 Å². The van der Waals surface area contributed by atoms with Crippen molar-refractivity contribution in [1.82, 2.24) is 24.0 Å². The van der Waals surface area contributed by atoms with Crippen molar-refractivity contribution in [3.63, 3.8) is 0 Å². The normalized spacial score (nSPS) is 14.9. The average Bonchev–Trinajstić information content (AvgIpc) is 3.29. The van der Waals surface area contributed by atoms with Crippen LogP contribution in [0.1, 0.15) is 49.6 Å². The van der Waals surface area contributed by atoms with E-state index in [0.29, 0.717) is 11.6 Å². The monoisotopic (exact) mass is 387 g/mol. The highest BCUT2D eigenvalue weighted by molar-refractivity contribution is 6.11. The number of piperidine rings is 1. The molecule has 148 valence electrons. The number of hydrogen-bond acceptors (Lipinski definition) is 3. The second-order valence-electron chi connectivity index (χ2n) is 7.98. The number of likely N-dealkylation sites (tertiary alicyclic amines) is 1. The molecule has 0 atom stereocenters. The highest BCUT2D eigenvalue weighted by Gasteiger charge is 2.28. The quantitative estimate of drug-likeness (QED) is 0.517. The summed E-state index contributed by atoms with van der Waals surface area (Å²) >= 11 is 0. The third kappa shape index (κ3) is 2.82. The molecule has 29 heavy (non-hydrogen) atoms. The zero-order valence-electron chi connectivity index (χ0n) is 16.9. The van der Waals surface area contributed by atoms with E-state index in [1.165, 1.54) is 6.42 Å². The molecule has 0 unspecified atom stereocenters. The Bertz CT molecular complexity index is 1180. The van der Waals surface area contributed by atoms with E-state index in [9.17, 15) is 4.79 Å². The molecular formula is C23H25N5O. The number of benzene rings is 1. The summed E-state index contributed by atoms with van der Waals surface area (Å²) < 4.78 is 4.25. The van der Waals surface area contributed by atoms with Gasteiger partial charge in [-0.3, -0.25) is 9.36 Å². The molecule has 1 amide bonds. The highest BCUT2D eigenvalue weighted by atomic mass is 16.2. The van der Waals surface area contributed by atoms with Gasteiger partial charge in [-0.2, -0.15) is 0 Å². The molecule has 6 heteroatoms. The second-order valence-corrected chi connectivity index (χ2v) is 7.98. The molecule has 0 radical (unpaired) electrons. The fourth-order valence-electron chi connectivity index (χ4n) is 4.54. The van der Waals surface area contributed by atoms with Gasteiger partial charge in [-0.05, 0) is 51.3 Å². The van der Waals surface area contributed by atoms with Crippen LogP contribution in [0.15, 0.2) is 48.8 Å². The van der Waals surface area contributed by atoms with E-state index >= 15 is 0 Å². The smallest absolute Gasteiger partial charge is 0.271 e. The summed E-state index contributed by atoms with van der Waals surface area (Å²) in [5, 5.41) is 1.11. The molecule has 5 rings (SSSR count). The predicted octanol–water partition coefficient (Wildman–Crippen LogP) is 4.58. The molecule has 6 nitrogen and oxygen atoms in total. The van der Waals surface area contributed by atoms with Crippen LogP contribution in [-0.2, 0) is 0 Å². The van der Waals surface area contributed by atoms with Crippen LogP contribution in [0, 0.1) is 0 Å². The maximum atomic E-state index is 13.5. The Kier molecular flexibility index (Phi) is 4.34. The first-order valence-corrected chi connectivity index (χ1v) is 10.4. The maximum Gasteiger partial charge on any atom is 0.271 e. The van der Waals surface area contributed by atoms with Gasteiger partial charge in [0.15, 0.2) is 0 Å². The first kappa shape index (κ1) is 17.9. The van der Waals surface area contributed by atoms with Gasteiger partial charge in [0.25, 0.3) is 5.91 Å². The molecular weight excluding hydrogens is 362 g/mol. The number of amides is 1. The number of para-hydroxylation sites is 1. The number of hydrogen-bond donors (Lipinski definition) is 0. The number of carbonyl (C=O) groups excluding carboxylic acids is 1. The summed E-state index contributed by atoms with van der Waals surface area (Å²) in [7, 11) is 0. The van der Waals surface area contributed by atoms with Gasteiger partial charge in [-0.25, -0.2) is 9.97 Å². The topological polar surface area (TPSA) is 56.0 Å². The van der Waals surface area contributed by atoms with Crippen LogP contribution >= 0.6 is 0 Å². The first-order valence-electron chi connectivity index (χ1n) is 10.4. The standard InChI is InChI=1S/C23H25N5O/c1-16(2)27-18-10-5-4-9-17(18)21-19(27)15-20(22(29)26-13-6-3-7-14-26)28(21)23-24-11-8-12-25-23/h4-5,8-12,15-16H,3,6-7,13-14H2,1-2H3. The van der Waals surface area contributed by atoms with Gasteiger partial charge in [0, 0.05) is 36.9 Å². The molecule has 4 heterocycles. The molecule has 0 spiro atoms. The Labute approximate surface area is 169 Å². The van der Waals surface area contributed by atoms with Gasteiger partial charge in [0.1, 0.15) is 5.69 Å². The summed E-state index contributed by atoms with van der Waals surface area (Å²) in [5.74, 6) is 0.599. The van der Waals surface area contributed by atoms with Crippen LogP contribution in [-0.4, -0.2) is 43.0 Å². The number of rotatable bonds is 3. The SMILES string of the molecule is CC(C)n1c2ccccc2c2c1cc(C(=O)N1CCCCC1)n2-c1ncccn1. The molecule has 1 fully saturated rings. The maximum absolute atomic E-state index is 13.5. The number of carbonyl (C=O) groups is 1. The molecule has 1 aliphatic rings. The van der Waals surface area contributed by atoms with Crippen LogP contribution in [0.3, 0.4) is 0 Å². The molecule has 1 aromatic carbocycles. The zero-order valence-corrected chi connectivity index (χ0v) is 16.9. The van der Waals surface area contributed by atoms with Crippen molar-refractivity contribution in [1.29, 1.82) is 0 Å². The fourth-order valence-corrected chi connectivity index (χ4v) is 4.54. The van der Waals surface area contributed by atoms with Gasteiger partial charge < -0.3 is 9.47 Å². The largest absolute Gasteiger partial charge is 0.337 e. The lowest BCUT2D eigenvalue weighted by molar-refractivity contribution is 0.0716. The van der Waals surface area contributed by atoms with Gasteiger partial charge in [-0.1, -0.05) is 18.2 Å². The lowest BCUT2D eigenvalue weighted by atomic mass is 10.1. The zero-order chi connectivity index (χ0) is 20.0. The molecule has 3 aromatic heterocycles. The number of aromatic nitrogens is 4. The molecule has 0 N–H and O–H groups in total. The van der Waals surface area contributed by atoms with Crippen molar-refractivity contribution in [3.05, 3.63) is 54.5 Å². The minimum Gasteiger partial charge on any atom is -0.337 e. The third-order valence-corrected chi connectivity index (χ3v) is 5.79. The van der Waals surface area contributed by atoms with Crippen LogP contribution in [0.2, 0.25) is 0 Å². The average molecular weight is 387 g/mol. The fraction of sp³-hybridized carbons (Fsp3) is 0.348. The van der Waals surface area contributed by atoms with E-state index in [-0.39, 0.29) is 11.9 Å². The Morgan fingerprint density at radius 1 is 0.966 bits per heavy atom. The van der Waals surface area contributed by atoms with Crippen LogP contribution in [0.25, 0.3) is 27.9 Å². The van der Waals surface area contributed by atoms with E-state index in [1.807, 2.05) is 21.6 Å². The van der Waals surface area contributed by atoms with Crippen molar-refractivity contribution in [2.45, 2.75) is 39.2 Å². The molecule has 1 saturated heterocycles. The number of nitrogens with zero attached hydrogens (tertiary/aromatic N) is 5.